The number of allylic oxidation sites excluding steroid dienone is 2. The second-order valence-electron chi connectivity index (χ2n) is 9.15. The van der Waals surface area contributed by atoms with Gasteiger partial charge in [-0.15, -0.1) is 0 Å². The highest BCUT2D eigenvalue weighted by Crippen LogP contribution is 2.49. The molecule has 5 heteroatoms. The summed E-state index contributed by atoms with van der Waals surface area (Å²) >= 11 is 3.57. The van der Waals surface area contributed by atoms with Crippen molar-refractivity contribution in [2.75, 3.05) is 22.9 Å². The molecule has 0 aromatic heterocycles. The molecule has 2 aliphatic rings. The summed E-state index contributed by atoms with van der Waals surface area (Å²) in [6, 6.07) is 29.8. The van der Waals surface area contributed by atoms with Crippen molar-refractivity contribution in [3.8, 4) is 0 Å². The largest absolute Gasteiger partial charge is 0.340 e. The first-order valence-corrected chi connectivity index (χ1v) is 14.5. The molecule has 0 fully saturated rings. The van der Waals surface area contributed by atoms with Gasteiger partial charge in [-0.25, -0.2) is 0 Å². The molecule has 4 aromatic carbocycles. The van der Waals surface area contributed by atoms with Crippen LogP contribution in [0.2, 0.25) is 0 Å². The van der Waals surface area contributed by atoms with Crippen molar-refractivity contribution in [2.45, 2.75) is 33.4 Å². The van der Waals surface area contributed by atoms with Gasteiger partial charge in [0.25, 0.3) is 0 Å². The molecule has 0 amide bonds. The van der Waals surface area contributed by atoms with Gasteiger partial charge in [0.1, 0.15) is 0 Å². The first-order valence-electron chi connectivity index (χ1n) is 12.9. The fraction of sp³-hybridized carbons (Fsp3) is 0.121. The van der Waals surface area contributed by atoms with E-state index in [2.05, 4.69) is 109 Å². The lowest BCUT2D eigenvalue weighted by Crippen LogP contribution is -2.19. The minimum Gasteiger partial charge on any atom is -0.340 e. The van der Waals surface area contributed by atoms with E-state index in [0.29, 0.717) is 0 Å². The van der Waals surface area contributed by atoms with Crippen molar-refractivity contribution in [1.29, 1.82) is 0 Å². The highest BCUT2D eigenvalue weighted by Gasteiger charge is 2.23. The van der Waals surface area contributed by atoms with Gasteiger partial charge in [0.05, 0.1) is 22.7 Å². The van der Waals surface area contributed by atoms with Crippen LogP contribution < -0.4 is 9.80 Å². The Morgan fingerprint density at radius 1 is 0.605 bits per heavy atom. The Hall–Kier alpha value is -3.67. The zero-order chi connectivity index (χ0) is 26.1. The van der Waals surface area contributed by atoms with Gasteiger partial charge in [0.2, 0.25) is 0 Å². The lowest BCUT2D eigenvalue weighted by atomic mass is 10.1. The minimum atomic E-state index is -0.0261. The van der Waals surface area contributed by atoms with Crippen LogP contribution in [0.5, 0.6) is 0 Å². The summed E-state index contributed by atoms with van der Waals surface area (Å²) in [5.74, 6) is -0.0261. The number of ketones is 1. The Labute approximate surface area is 232 Å². The maximum Gasteiger partial charge on any atom is 0.178 e. The van der Waals surface area contributed by atoms with Crippen molar-refractivity contribution in [1.82, 2.24) is 0 Å². The smallest absolute Gasteiger partial charge is 0.178 e. The molecule has 0 aliphatic carbocycles. The van der Waals surface area contributed by atoms with Crippen molar-refractivity contribution in [3.05, 3.63) is 108 Å². The Morgan fingerprint density at radius 2 is 1.03 bits per heavy atom. The summed E-state index contributed by atoms with van der Waals surface area (Å²) < 4.78 is 0. The molecule has 2 aliphatic heterocycles. The molecule has 0 bridgehead atoms. The fourth-order valence-corrected chi connectivity index (χ4v) is 7.29. The van der Waals surface area contributed by atoms with Crippen molar-refractivity contribution in [2.24, 2.45) is 0 Å². The number of hydrogen-bond acceptors (Lipinski definition) is 5. The van der Waals surface area contributed by atoms with Crippen molar-refractivity contribution in [3.63, 3.8) is 0 Å². The molecule has 0 saturated heterocycles. The molecule has 2 heterocycles. The van der Waals surface area contributed by atoms with E-state index in [0.717, 1.165) is 24.2 Å². The maximum absolute atomic E-state index is 12.7. The van der Waals surface area contributed by atoms with Crippen LogP contribution in [-0.4, -0.2) is 18.9 Å². The van der Waals surface area contributed by atoms with E-state index in [1.807, 2.05) is 12.2 Å². The second kappa shape index (κ2) is 10.6. The van der Waals surface area contributed by atoms with Crippen LogP contribution in [0.3, 0.4) is 0 Å². The lowest BCUT2D eigenvalue weighted by molar-refractivity contribution is -0.110. The standard InChI is InChI=1S/C33H28N2OS2/c1-3-34-26-9-5-7-11-30(26)37-32-21-23(15-19-28(32)34)13-17-25(36)18-14-24-16-20-29-33(22-24)38-31-12-8-6-10-27(31)35(29)4-2/h5-22H,3-4H2,1-2H3. The van der Waals surface area contributed by atoms with Crippen LogP contribution in [0.4, 0.5) is 22.7 Å². The minimum absolute atomic E-state index is 0.0261. The molecule has 0 atom stereocenters. The van der Waals surface area contributed by atoms with Gasteiger partial charge in [-0.2, -0.15) is 0 Å². The zero-order valence-electron chi connectivity index (χ0n) is 21.4. The Kier molecular flexibility index (Phi) is 6.88. The van der Waals surface area contributed by atoms with Crippen LogP contribution in [0.15, 0.2) is 117 Å². The average molecular weight is 533 g/mol. The Bertz CT molecular complexity index is 1470. The summed E-state index contributed by atoms with van der Waals surface area (Å²) in [5.41, 5.74) is 6.99. The second-order valence-corrected chi connectivity index (χ2v) is 11.3. The predicted octanol–water partition coefficient (Wildman–Crippen LogP) is 9.23. The Balaban J connectivity index is 1.17. The summed E-state index contributed by atoms with van der Waals surface area (Å²) in [6.07, 6.45) is 7.12. The third-order valence-corrected chi connectivity index (χ3v) is 9.04. The number of carbonyl (C=O) groups excluding carboxylic acids is 1. The summed E-state index contributed by atoms with van der Waals surface area (Å²) in [7, 11) is 0. The molecule has 0 N–H and O–H groups in total. The first kappa shape index (κ1) is 24.7. The molecular weight excluding hydrogens is 505 g/mol. The van der Waals surface area contributed by atoms with E-state index in [1.165, 1.54) is 42.3 Å². The number of para-hydroxylation sites is 2. The highest BCUT2D eigenvalue weighted by molar-refractivity contribution is 8.00. The maximum atomic E-state index is 12.7. The van der Waals surface area contributed by atoms with Crippen LogP contribution in [0.1, 0.15) is 25.0 Å². The van der Waals surface area contributed by atoms with Gasteiger partial charge in [-0.1, -0.05) is 72.1 Å². The predicted molar refractivity (Wildman–Crippen MR) is 162 cm³/mol. The molecule has 0 spiro atoms. The van der Waals surface area contributed by atoms with Crippen molar-refractivity contribution >= 4 is 64.2 Å². The van der Waals surface area contributed by atoms with Gasteiger partial charge in [-0.3, -0.25) is 4.79 Å². The molecule has 4 aromatic rings. The molecule has 3 nitrogen and oxygen atoms in total. The van der Waals surface area contributed by atoms with Crippen LogP contribution in [0, 0.1) is 0 Å². The van der Waals surface area contributed by atoms with Gasteiger partial charge >= 0.3 is 0 Å². The summed E-state index contributed by atoms with van der Waals surface area (Å²) in [4.78, 5) is 22.3. The number of carbonyl (C=O) groups is 1. The van der Waals surface area contributed by atoms with E-state index in [-0.39, 0.29) is 5.78 Å². The van der Waals surface area contributed by atoms with Crippen LogP contribution in [-0.2, 0) is 4.79 Å². The van der Waals surface area contributed by atoms with E-state index in [4.69, 9.17) is 0 Å². The molecule has 0 radical (unpaired) electrons. The van der Waals surface area contributed by atoms with E-state index >= 15 is 0 Å². The van der Waals surface area contributed by atoms with E-state index in [1.54, 1.807) is 35.7 Å². The number of benzene rings is 4. The van der Waals surface area contributed by atoms with E-state index in [9.17, 15) is 4.79 Å². The fourth-order valence-electron chi connectivity index (χ4n) is 5.00. The SMILES string of the molecule is CCN1c2ccccc2Sc2cc(C=CC(=O)C=Cc3ccc4c(c3)Sc3ccccc3N4CC)ccc21. The first-order chi connectivity index (χ1) is 18.6. The van der Waals surface area contributed by atoms with E-state index < -0.39 is 0 Å². The normalized spacial score (nSPS) is 13.8. The van der Waals surface area contributed by atoms with Crippen LogP contribution >= 0.6 is 23.5 Å². The van der Waals surface area contributed by atoms with Crippen molar-refractivity contribution < 1.29 is 4.79 Å². The average Bonchev–Trinajstić information content (AvgIpc) is 2.96. The summed E-state index contributed by atoms with van der Waals surface area (Å²) in [5, 5.41) is 0. The Morgan fingerprint density at radius 3 is 1.47 bits per heavy atom. The van der Waals surface area contributed by atoms with Gasteiger partial charge in [0, 0.05) is 32.7 Å². The van der Waals surface area contributed by atoms with Gasteiger partial charge in [-0.05, 0) is 85.7 Å². The summed E-state index contributed by atoms with van der Waals surface area (Å²) in [6.45, 7) is 6.17. The topological polar surface area (TPSA) is 23.6 Å². The van der Waals surface area contributed by atoms with Gasteiger partial charge < -0.3 is 9.80 Å². The molecule has 0 saturated carbocycles. The quantitative estimate of drug-likeness (QED) is 0.230. The molecule has 38 heavy (non-hydrogen) atoms. The number of fused-ring (bicyclic) bond motifs is 4. The monoisotopic (exact) mass is 532 g/mol. The van der Waals surface area contributed by atoms with Crippen LogP contribution in [0.25, 0.3) is 12.2 Å². The number of rotatable bonds is 6. The lowest BCUT2D eigenvalue weighted by Gasteiger charge is -2.32. The number of anilines is 4. The highest BCUT2D eigenvalue weighted by atomic mass is 32.2. The third-order valence-electron chi connectivity index (χ3n) is 6.81. The molecule has 0 unspecified atom stereocenters. The third kappa shape index (κ3) is 4.68. The zero-order valence-corrected chi connectivity index (χ0v) is 23.1. The molecule has 188 valence electrons. The number of hydrogen-bond donors (Lipinski definition) is 0. The number of nitrogens with zero attached hydrogens (tertiary/aromatic N) is 2. The molecule has 6 rings (SSSR count). The molecular formula is C33H28N2OS2. The van der Waals surface area contributed by atoms with Gasteiger partial charge in [0.15, 0.2) is 5.78 Å².